The van der Waals surface area contributed by atoms with Gasteiger partial charge in [0.15, 0.2) is 5.11 Å². The molecule has 3 N–H and O–H groups in total. The number of nitrogens with one attached hydrogen (secondary N) is 3. The van der Waals surface area contributed by atoms with Gasteiger partial charge in [-0.2, -0.15) is 0 Å². The average Bonchev–Trinajstić information content (AvgIpc) is 3.21. The molecule has 2 aliphatic rings. The highest BCUT2D eigenvalue weighted by atomic mass is 32.1. The van der Waals surface area contributed by atoms with Crippen LogP contribution in [0.3, 0.4) is 0 Å². The van der Waals surface area contributed by atoms with Gasteiger partial charge in [0.05, 0.1) is 17.4 Å². The maximum atomic E-state index is 12.5. The molecule has 1 aromatic carbocycles. The number of benzene rings is 1. The number of hydrogen-bond donors (Lipinski definition) is 3. The zero-order chi connectivity index (χ0) is 19.1. The highest BCUT2D eigenvalue weighted by Crippen LogP contribution is 2.23. The molecule has 1 aliphatic heterocycles. The Morgan fingerprint density at radius 3 is 2.59 bits per heavy atom. The normalized spacial score (nSPS) is 20.1. The van der Waals surface area contributed by atoms with Crippen molar-refractivity contribution < 1.29 is 14.3 Å². The van der Waals surface area contributed by atoms with Gasteiger partial charge in [0, 0.05) is 19.1 Å². The minimum Gasteiger partial charge on any atom is -0.376 e. The molecule has 1 unspecified atom stereocenters. The second kappa shape index (κ2) is 9.80. The predicted molar refractivity (Wildman–Crippen MR) is 109 cm³/mol. The summed E-state index contributed by atoms with van der Waals surface area (Å²) >= 11 is 5.29. The van der Waals surface area contributed by atoms with Gasteiger partial charge in [-0.15, -0.1) is 0 Å². The largest absolute Gasteiger partial charge is 0.376 e. The summed E-state index contributed by atoms with van der Waals surface area (Å²) in [5, 5.41) is 8.91. The smallest absolute Gasteiger partial charge is 0.253 e. The summed E-state index contributed by atoms with van der Waals surface area (Å²) in [5.41, 5.74) is 1.07. The van der Waals surface area contributed by atoms with Crippen LogP contribution in [0.1, 0.15) is 55.3 Å². The maximum absolute atomic E-state index is 12.5. The summed E-state index contributed by atoms with van der Waals surface area (Å²) in [6.07, 6.45) is 7.29. The Hall–Kier alpha value is -1.99. The monoisotopic (exact) mass is 389 g/mol. The van der Waals surface area contributed by atoms with Crippen LogP contribution in [0.25, 0.3) is 0 Å². The minimum absolute atomic E-state index is 0.0310. The van der Waals surface area contributed by atoms with Crippen molar-refractivity contribution in [2.45, 2.75) is 51.0 Å². The third-order valence-corrected chi connectivity index (χ3v) is 5.35. The Bertz CT molecular complexity index is 683. The molecule has 0 aromatic heterocycles. The fourth-order valence-corrected chi connectivity index (χ4v) is 3.84. The first-order valence-corrected chi connectivity index (χ1v) is 10.1. The summed E-state index contributed by atoms with van der Waals surface area (Å²) in [6.45, 7) is 1.25. The van der Waals surface area contributed by atoms with Crippen LogP contribution in [0, 0.1) is 5.92 Å². The van der Waals surface area contributed by atoms with Gasteiger partial charge in [-0.05, 0) is 50.0 Å². The van der Waals surface area contributed by atoms with Crippen LogP contribution in [0.4, 0.5) is 5.69 Å². The molecule has 0 bridgehead atoms. The molecular weight excluding hydrogens is 362 g/mol. The molecule has 1 aliphatic carbocycles. The van der Waals surface area contributed by atoms with Gasteiger partial charge < -0.3 is 20.7 Å². The Balaban J connectivity index is 1.55. The second-order valence-corrected chi connectivity index (χ2v) is 7.58. The lowest BCUT2D eigenvalue weighted by Gasteiger charge is -2.21. The van der Waals surface area contributed by atoms with Crippen LogP contribution in [-0.4, -0.2) is 36.2 Å². The van der Waals surface area contributed by atoms with Crippen molar-refractivity contribution >= 4 is 34.8 Å². The maximum Gasteiger partial charge on any atom is 0.253 e. The number of hydrogen-bond acceptors (Lipinski definition) is 4. The number of ether oxygens (including phenoxy) is 1. The number of rotatable bonds is 5. The topological polar surface area (TPSA) is 79.5 Å². The second-order valence-electron chi connectivity index (χ2n) is 7.17. The van der Waals surface area contributed by atoms with Gasteiger partial charge in [-0.3, -0.25) is 9.59 Å². The summed E-state index contributed by atoms with van der Waals surface area (Å²) < 4.78 is 5.54. The van der Waals surface area contributed by atoms with Crippen molar-refractivity contribution in [1.29, 1.82) is 0 Å². The lowest BCUT2D eigenvalue weighted by atomic mass is 9.89. The molecule has 1 saturated carbocycles. The summed E-state index contributed by atoms with van der Waals surface area (Å²) in [4.78, 5) is 24.9. The van der Waals surface area contributed by atoms with Crippen molar-refractivity contribution in [3.05, 3.63) is 29.8 Å². The molecular formula is C20H27N3O3S. The summed E-state index contributed by atoms with van der Waals surface area (Å²) in [6, 6.07) is 7.14. The quantitative estimate of drug-likeness (QED) is 0.675. The molecule has 146 valence electrons. The van der Waals surface area contributed by atoms with E-state index in [9.17, 15) is 9.59 Å². The Kier molecular flexibility index (Phi) is 7.18. The van der Waals surface area contributed by atoms with Gasteiger partial charge >= 0.3 is 0 Å². The molecule has 2 amide bonds. The lowest BCUT2D eigenvalue weighted by molar-refractivity contribution is -0.124. The van der Waals surface area contributed by atoms with Crippen LogP contribution in [0.15, 0.2) is 24.3 Å². The van der Waals surface area contributed by atoms with E-state index in [2.05, 4.69) is 16.0 Å². The van der Waals surface area contributed by atoms with E-state index in [4.69, 9.17) is 17.0 Å². The van der Waals surface area contributed by atoms with E-state index in [-0.39, 0.29) is 28.9 Å². The zero-order valence-electron chi connectivity index (χ0n) is 15.5. The van der Waals surface area contributed by atoms with Crippen molar-refractivity contribution in [2.75, 3.05) is 18.5 Å². The van der Waals surface area contributed by atoms with Crippen LogP contribution < -0.4 is 16.0 Å². The van der Waals surface area contributed by atoms with E-state index in [1.165, 1.54) is 6.42 Å². The van der Waals surface area contributed by atoms with E-state index < -0.39 is 0 Å². The van der Waals surface area contributed by atoms with Gasteiger partial charge in [0.25, 0.3) is 5.91 Å². The first kappa shape index (κ1) is 19.8. The molecule has 6 nitrogen and oxygen atoms in total. The first-order valence-electron chi connectivity index (χ1n) is 9.74. The molecule has 0 spiro atoms. The van der Waals surface area contributed by atoms with Gasteiger partial charge in [-0.1, -0.05) is 31.4 Å². The number of carbonyl (C=O) groups is 2. The molecule has 1 heterocycles. The highest BCUT2D eigenvalue weighted by Gasteiger charge is 2.22. The number of para-hydroxylation sites is 1. The van der Waals surface area contributed by atoms with E-state index in [0.717, 1.165) is 45.1 Å². The Morgan fingerprint density at radius 2 is 1.85 bits per heavy atom. The van der Waals surface area contributed by atoms with Crippen LogP contribution in [-0.2, 0) is 9.53 Å². The van der Waals surface area contributed by atoms with Crippen LogP contribution in [0.2, 0.25) is 0 Å². The van der Waals surface area contributed by atoms with E-state index >= 15 is 0 Å². The fraction of sp³-hybridized carbons (Fsp3) is 0.550. The van der Waals surface area contributed by atoms with Crippen molar-refractivity contribution in [3.8, 4) is 0 Å². The summed E-state index contributed by atoms with van der Waals surface area (Å²) in [5.74, 6) is -0.189. The molecule has 2 fully saturated rings. The molecule has 1 atom stereocenters. The fourth-order valence-electron chi connectivity index (χ4n) is 3.63. The molecule has 0 radical (unpaired) electrons. The van der Waals surface area contributed by atoms with E-state index in [0.29, 0.717) is 17.8 Å². The number of amides is 2. The number of carbonyl (C=O) groups excluding carboxylic acids is 2. The average molecular weight is 390 g/mol. The molecule has 7 heteroatoms. The summed E-state index contributed by atoms with van der Waals surface area (Å²) in [7, 11) is 0. The standard InChI is InChI=1S/C20H27N3O3S/c24-18(14-7-2-1-3-8-14)23-20(27)22-17-11-5-4-10-16(17)19(25)21-13-15-9-6-12-26-15/h4-5,10-11,14-15H,1-3,6-9,12-13H2,(H,21,25)(H2,22,23,24,27). The molecule has 1 aromatic rings. The van der Waals surface area contributed by atoms with Crippen LogP contribution in [0.5, 0.6) is 0 Å². The lowest BCUT2D eigenvalue weighted by Crippen LogP contribution is -2.39. The predicted octanol–water partition coefficient (Wildman–Crippen LogP) is 2.99. The van der Waals surface area contributed by atoms with Gasteiger partial charge in [0.2, 0.25) is 5.91 Å². The van der Waals surface area contributed by atoms with Crippen molar-refractivity contribution in [1.82, 2.24) is 10.6 Å². The zero-order valence-corrected chi connectivity index (χ0v) is 16.3. The molecule has 1 saturated heterocycles. The van der Waals surface area contributed by atoms with Crippen molar-refractivity contribution in [2.24, 2.45) is 5.92 Å². The van der Waals surface area contributed by atoms with E-state index in [1.54, 1.807) is 18.2 Å². The SMILES string of the molecule is O=C(NCC1CCCO1)c1ccccc1NC(=S)NC(=O)C1CCCCC1. The Labute approximate surface area is 165 Å². The number of anilines is 1. The highest BCUT2D eigenvalue weighted by molar-refractivity contribution is 7.80. The number of thiocarbonyl (C=S) groups is 1. The third-order valence-electron chi connectivity index (χ3n) is 5.15. The molecule has 3 rings (SSSR count). The van der Waals surface area contributed by atoms with Gasteiger partial charge in [0.1, 0.15) is 0 Å². The van der Waals surface area contributed by atoms with Gasteiger partial charge in [-0.25, -0.2) is 0 Å². The van der Waals surface area contributed by atoms with E-state index in [1.807, 2.05) is 6.07 Å². The Morgan fingerprint density at radius 1 is 1.07 bits per heavy atom. The van der Waals surface area contributed by atoms with Crippen molar-refractivity contribution in [3.63, 3.8) is 0 Å². The minimum atomic E-state index is -0.185. The third kappa shape index (κ3) is 5.74. The van der Waals surface area contributed by atoms with Crippen LogP contribution >= 0.6 is 12.2 Å². The first-order chi connectivity index (χ1) is 13.1. The molecule has 27 heavy (non-hydrogen) atoms.